The highest BCUT2D eigenvalue weighted by Crippen LogP contribution is 2.27. The number of hydrogen-bond acceptors (Lipinski definition) is 4. The molecule has 0 bridgehead atoms. The largest absolute Gasteiger partial charge is 0.318 e. The number of Topliss-reactive ketones (excluding diaryl/α,β-unsaturated/α-hetero) is 1. The molecule has 0 saturated heterocycles. The summed E-state index contributed by atoms with van der Waals surface area (Å²) in [4.78, 5) is 13.0. The van der Waals surface area contributed by atoms with Crippen LogP contribution in [0.2, 0.25) is 0 Å². The molecule has 0 saturated carbocycles. The molecule has 4 aromatic rings. The molecule has 5 nitrogen and oxygen atoms in total. The third-order valence-corrected chi connectivity index (χ3v) is 6.37. The van der Waals surface area contributed by atoms with Crippen LogP contribution >= 0.6 is 11.8 Å². The predicted octanol–water partition coefficient (Wildman–Crippen LogP) is 5.31. The summed E-state index contributed by atoms with van der Waals surface area (Å²) >= 11 is 1.36. The van der Waals surface area contributed by atoms with Crippen molar-refractivity contribution >= 4 is 17.5 Å². The number of hydrogen-bond donors (Lipinski definition) is 0. The number of carbonyl (C=O) groups excluding carboxylic acids is 1. The Hall–Kier alpha value is -3.19. The van der Waals surface area contributed by atoms with E-state index in [-0.39, 0.29) is 17.4 Å². The Morgan fingerprint density at radius 3 is 2.55 bits per heavy atom. The molecule has 0 unspecified atom stereocenters. The van der Waals surface area contributed by atoms with Gasteiger partial charge in [-0.3, -0.25) is 4.79 Å². The molecule has 0 aliphatic heterocycles. The third-order valence-electron chi connectivity index (χ3n) is 5.35. The topological polar surface area (TPSA) is 52.7 Å². The fraction of sp³-hybridized carbons (Fsp3) is 0.208. The molecule has 158 valence electrons. The number of thioether (sulfide) groups is 1. The minimum Gasteiger partial charge on any atom is -0.318 e. The normalized spacial score (nSPS) is 11.1. The molecular formula is C24H23FN4OS. The molecule has 2 heterocycles. The van der Waals surface area contributed by atoms with Gasteiger partial charge in [0.05, 0.1) is 5.75 Å². The number of halogens is 1. The molecule has 0 amide bonds. The Balaban J connectivity index is 1.54. The van der Waals surface area contributed by atoms with Gasteiger partial charge in [-0.15, -0.1) is 10.2 Å². The summed E-state index contributed by atoms with van der Waals surface area (Å²) in [5.74, 6) is 0.714. The highest BCUT2D eigenvalue weighted by molar-refractivity contribution is 7.99. The lowest BCUT2D eigenvalue weighted by Gasteiger charge is -2.10. The van der Waals surface area contributed by atoms with Crippen LogP contribution in [0.5, 0.6) is 0 Å². The number of benzene rings is 2. The Kier molecular flexibility index (Phi) is 5.78. The number of carbonyl (C=O) groups is 1. The van der Waals surface area contributed by atoms with Crippen molar-refractivity contribution in [1.29, 1.82) is 0 Å². The first-order chi connectivity index (χ1) is 14.9. The Labute approximate surface area is 184 Å². The Morgan fingerprint density at radius 1 is 1.03 bits per heavy atom. The predicted molar refractivity (Wildman–Crippen MR) is 121 cm³/mol. The zero-order valence-electron chi connectivity index (χ0n) is 17.9. The molecule has 0 fully saturated rings. The first-order valence-corrected chi connectivity index (χ1v) is 10.9. The maximum absolute atomic E-state index is 13.7. The number of aromatic nitrogens is 4. The Bertz CT molecular complexity index is 1270. The Morgan fingerprint density at radius 2 is 1.81 bits per heavy atom. The standard InChI is InChI=1S/C24H23FN4OS/c1-15-8-5-6-11-20(15)23-26-27-24(28(23)4)31-14-22(30)21-12-16(2)29(17(21)3)19-10-7-9-18(25)13-19/h5-13H,14H2,1-4H3. The maximum Gasteiger partial charge on any atom is 0.191 e. The molecule has 4 rings (SSSR count). The van der Waals surface area contributed by atoms with Gasteiger partial charge in [0.15, 0.2) is 16.8 Å². The SMILES string of the molecule is Cc1ccccc1-c1nnc(SCC(=O)c2cc(C)n(-c3cccc(F)c3)c2C)n1C. The molecule has 0 N–H and O–H groups in total. The molecule has 0 atom stereocenters. The van der Waals surface area contributed by atoms with Crippen LogP contribution < -0.4 is 0 Å². The average molecular weight is 435 g/mol. The number of ketones is 1. The van der Waals surface area contributed by atoms with Crippen molar-refractivity contribution in [2.75, 3.05) is 5.75 Å². The molecule has 31 heavy (non-hydrogen) atoms. The second-order valence-corrected chi connectivity index (χ2v) is 8.43. The first kappa shape index (κ1) is 21.1. The monoisotopic (exact) mass is 434 g/mol. The van der Waals surface area contributed by atoms with Gasteiger partial charge in [-0.1, -0.05) is 42.1 Å². The van der Waals surface area contributed by atoms with E-state index in [0.29, 0.717) is 16.4 Å². The van der Waals surface area contributed by atoms with Gasteiger partial charge in [-0.2, -0.15) is 0 Å². The van der Waals surface area contributed by atoms with Crippen molar-refractivity contribution in [1.82, 2.24) is 19.3 Å². The van der Waals surface area contributed by atoms with E-state index in [2.05, 4.69) is 10.2 Å². The van der Waals surface area contributed by atoms with Crippen LogP contribution in [0.4, 0.5) is 4.39 Å². The van der Waals surface area contributed by atoms with Gasteiger partial charge in [0.25, 0.3) is 0 Å². The van der Waals surface area contributed by atoms with E-state index in [1.807, 2.05) is 73.4 Å². The van der Waals surface area contributed by atoms with Crippen molar-refractivity contribution in [2.24, 2.45) is 7.05 Å². The van der Waals surface area contributed by atoms with Crippen LogP contribution in [0.3, 0.4) is 0 Å². The van der Waals surface area contributed by atoms with Crippen LogP contribution in [0.15, 0.2) is 59.8 Å². The summed E-state index contributed by atoms with van der Waals surface area (Å²) in [6.07, 6.45) is 0. The first-order valence-electron chi connectivity index (χ1n) is 9.93. The second-order valence-electron chi connectivity index (χ2n) is 7.49. The van der Waals surface area contributed by atoms with Crippen LogP contribution in [0.1, 0.15) is 27.3 Å². The quantitative estimate of drug-likeness (QED) is 0.305. The van der Waals surface area contributed by atoms with Crippen LogP contribution in [-0.2, 0) is 7.05 Å². The zero-order valence-corrected chi connectivity index (χ0v) is 18.7. The van der Waals surface area contributed by atoms with E-state index in [1.54, 1.807) is 6.07 Å². The summed E-state index contributed by atoms with van der Waals surface area (Å²) in [5, 5.41) is 9.29. The summed E-state index contributed by atoms with van der Waals surface area (Å²) in [7, 11) is 1.91. The smallest absolute Gasteiger partial charge is 0.191 e. The summed E-state index contributed by atoms with van der Waals surface area (Å²) in [6, 6.07) is 16.3. The van der Waals surface area contributed by atoms with Gasteiger partial charge in [-0.25, -0.2) is 4.39 Å². The van der Waals surface area contributed by atoms with Crippen LogP contribution in [0, 0.1) is 26.6 Å². The lowest BCUT2D eigenvalue weighted by atomic mass is 10.1. The van der Waals surface area contributed by atoms with E-state index in [9.17, 15) is 9.18 Å². The van der Waals surface area contributed by atoms with E-state index in [1.165, 1.54) is 23.9 Å². The van der Waals surface area contributed by atoms with Gasteiger partial charge in [0, 0.05) is 35.2 Å². The third kappa shape index (κ3) is 4.05. The number of aryl methyl sites for hydroxylation is 2. The lowest BCUT2D eigenvalue weighted by Crippen LogP contribution is -2.06. The lowest BCUT2D eigenvalue weighted by molar-refractivity contribution is 0.102. The molecule has 7 heteroatoms. The van der Waals surface area contributed by atoms with Gasteiger partial charge in [0.1, 0.15) is 5.82 Å². The summed E-state index contributed by atoms with van der Waals surface area (Å²) in [6.45, 7) is 5.84. The molecular weight excluding hydrogens is 411 g/mol. The highest BCUT2D eigenvalue weighted by atomic mass is 32.2. The molecule has 0 radical (unpaired) electrons. The van der Waals surface area contributed by atoms with Crippen molar-refractivity contribution in [2.45, 2.75) is 25.9 Å². The minimum absolute atomic E-state index is 0.00111. The average Bonchev–Trinajstić information content (AvgIpc) is 3.25. The fourth-order valence-electron chi connectivity index (χ4n) is 3.76. The highest BCUT2D eigenvalue weighted by Gasteiger charge is 2.19. The van der Waals surface area contributed by atoms with E-state index >= 15 is 0 Å². The summed E-state index contributed by atoms with van der Waals surface area (Å²) in [5.41, 5.74) is 5.17. The van der Waals surface area contributed by atoms with E-state index < -0.39 is 0 Å². The molecule has 2 aromatic carbocycles. The summed E-state index contributed by atoms with van der Waals surface area (Å²) < 4.78 is 17.5. The number of nitrogens with zero attached hydrogens (tertiary/aromatic N) is 4. The van der Waals surface area contributed by atoms with E-state index in [0.717, 1.165) is 28.3 Å². The molecule has 0 aliphatic rings. The second kappa shape index (κ2) is 8.51. The van der Waals surface area contributed by atoms with Gasteiger partial charge in [0.2, 0.25) is 0 Å². The van der Waals surface area contributed by atoms with Crippen molar-refractivity contribution in [3.8, 4) is 17.1 Å². The molecule has 0 spiro atoms. The van der Waals surface area contributed by atoms with Crippen molar-refractivity contribution in [3.05, 3.63) is 82.9 Å². The van der Waals surface area contributed by atoms with Crippen molar-refractivity contribution < 1.29 is 9.18 Å². The van der Waals surface area contributed by atoms with Crippen LogP contribution in [0.25, 0.3) is 17.1 Å². The van der Waals surface area contributed by atoms with E-state index in [4.69, 9.17) is 0 Å². The van der Waals surface area contributed by atoms with Gasteiger partial charge >= 0.3 is 0 Å². The minimum atomic E-state index is -0.305. The molecule has 0 aliphatic carbocycles. The molecule has 2 aromatic heterocycles. The fourth-order valence-corrected chi connectivity index (χ4v) is 4.56. The van der Waals surface area contributed by atoms with Gasteiger partial charge in [-0.05, 0) is 50.6 Å². The maximum atomic E-state index is 13.7. The van der Waals surface area contributed by atoms with Crippen molar-refractivity contribution in [3.63, 3.8) is 0 Å². The zero-order chi connectivity index (χ0) is 22.1. The number of rotatable bonds is 6. The van der Waals surface area contributed by atoms with Gasteiger partial charge < -0.3 is 9.13 Å². The van der Waals surface area contributed by atoms with Crippen LogP contribution in [-0.4, -0.2) is 30.9 Å².